The molecule has 6 aliphatic rings. The van der Waals surface area contributed by atoms with Crippen LogP contribution >= 0.6 is 0 Å². The SMILES string of the molecule is CC[C@H]1CCC[C@H](O[C@H]2CC[C@H](N(C)C)C(C)O2)[C@@H](C)C(=O)C2=C[C@H]3[C@@H]4C[C@H](O[C@@H]5OC(C)[C@H](OC)C(OC)[C@@H]5OC)C[C@H]4[C@H](Nc4ccc(O)cc4)[C@@H](O)[C@H]3[C@@H]2CC(=O)O1. The number of ketones is 1. The molecule has 0 aromatic heterocycles. The normalized spacial score (nSPS) is 43.3. The van der Waals surface area contributed by atoms with Crippen LogP contribution in [0, 0.1) is 35.5 Å². The van der Waals surface area contributed by atoms with Gasteiger partial charge in [-0.05, 0) is 127 Å². The van der Waals surface area contributed by atoms with Gasteiger partial charge < -0.3 is 58.3 Å². The molecule has 3 aliphatic carbocycles. The lowest BCUT2D eigenvalue weighted by Gasteiger charge is -2.47. The number of allylic oxidation sites excluding steroid dienone is 2. The molecule has 1 aromatic rings. The number of aliphatic hydroxyl groups is 1. The van der Waals surface area contributed by atoms with Crippen LogP contribution in [0.5, 0.6) is 5.75 Å². The number of nitrogens with zero attached hydrogens (tertiary/aromatic N) is 1. The van der Waals surface area contributed by atoms with Gasteiger partial charge in [0.15, 0.2) is 18.4 Å². The fourth-order valence-corrected chi connectivity index (χ4v) is 12.0. The maximum Gasteiger partial charge on any atom is 0.306 e. The number of methoxy groups -OCH3 is 3. The number of esters is 1. The third-order valence-corrected chi connectivity index (χ3v) is 15.1. The number of aliphatic hydroxyl groups excluding tert-OH is 1. The van der Waals surface area contributed by atoms with E-state index in [1.54, 1.807) is 45.6 Å². The fourth-order valence-electron chi connectivity index (χ4n) is 12.0. The maximum absolute atomic E-state index is 15.1. The second-order valence-electron chi connectivity index (χ2n) is 18.8. The van der Waals surface area contributed by atoms with Crippen molar-refractivity contribution in [3.63, 3.8) is 0 Å². The van der Waals surface area contributed by atoms with Crippen molar-refractivity contribution in [3.05, 3.63) is 35.9 Å². The molecule has 14 heteroatoms. The number of carbonyl (C=O) groups is 2. The number of likely N-dealkylation sites (N-methyl/N-ethyl adjacent to an activating group) is 1. The van der Waals surface area contributed by atoms with Crippen molar-refractivity contribution in [3.8, 4) is 5.75 Å². The van der Waals surface area contributed by atoms with Crippen LogP contribution in [0.2, 0.25) is 0 Å². The summed E-state index contributed by atoms with van der Waals surface area (Å²) < 4.78 is 50.1. The number of phenolic OH excluding ortho intramolecular Hbond substituents is 1. The molecule has 5 fully saturated rings. The molecule has 19 atom stereocenters. The summed E-state index contributed by atoms with van der Waals surface area (Å²) in [5.74, 6) is -2.06. The van der Waals surface area contributed by atoms with Crippen LogP contribution in [0.3, 0.4) is 0 Å². The lowest BCUT2D eigenvalue weighted by atomic mass is 9.62. The van der Waals surface area contributed by atoms with Crippen molar-refractivity contribution in [1.29, 1.82) is 0 Å². The Labute approximate surface area is 362 Å². The van der Waals surface area contributed by atoms with Crippen LogP contribution < -0.4 is 5.32 Å². The van der Waals surface area contributed by atoms with E-state index in [0.717, 1.165) is 24.9 Å². The predicted octanol–water partition coefficient (Wildman–Crippen LogP) is 5.48. The van der Waals surface area contributed by atoms with E-state index in [1.165, 1.54) is 0 Å². The Morgan fingerprint density at radius 2 is 1.56 bits per heavy atom. The van der Waals surface area contributed by atoms with Crippen LogP contribution in [-0.4, -0.2) is 142 Å². The molecule has 1 aromatic carbocycles. The number of ether oxygens (including phenoxy) is 8. The first-order valence-electron chi connectivity index (χ1n) is 22.8. The number of aromatic hydroxyl groups is 1. The number of phenols is 1. The number of hydrogen-bond acceptors (Lipinski definition) is 14. The molecule has 0 bridgehead atoms. The van der Waals surface area contributed by atoms with E-state index in [0.29, 0.717) is 37.7 Å². The largest absolute Gasteiger partial charge is 0.508 e. The maximum atomic E-state index is 15.1. The van der Waals surface area contributed by atoms with Crippen molar-refractivity contribution < 1.29 is 57.7 Å². The standard InChI is InChI=1S/C47H72N2O12/c1-10-29-12-11-13-37(61-39-19-18-36(49(5)6)25(3)57-39)24(2)42(52)35-22-32-31-20-30(60-47-46(56-9)45(55-8)44(54-7)26(4)58-47)21-34(31)41(48-27-14-16-28(50)17-15-27)43(53)40(32)33(35)23-38(51)59-29/h14-17,22,24-26,29-34,36-37,39-41,43-48,50,53H,10-13,18-21,23H2,1-9H3/t24-,25?,26?,29+,30+,31+,32+,33-,34-,36+,37+,39+,40-,41+,43+,44+,45?,46+,47+/m1/s1. The summed E-state index contributed by atoms with van der Waals surface area (Å²) in [5.41, 5.74) is 1.33. The Morgan fingerprint density at radius 3 is 2.21 bits per heavy atom. The number of hydrogen-bond donors (Lipinski definition) is 3. The fraction of sp³-hybridized carbons (Fsp3) is 0.787. The van der Waals surface area contributed by atoms with E-state index < -0.39 is 60.8 Å². The number of carbonyl (C=O) groups excluding carboxylic acids is 2. The summed E-state index contributed by atoms with van der Waals surface area (Å²) in [6, 6.07) is 6.66. The molecule has 0 spiro atoms. The van der Waals surface area contributed by atoms with E-state index >= 15 is 4.79 Å². The zero-order valence-electron chi connectivity index (χ0n) is 37.6. The highest BCUT2D eigenvalue weighted by Gasteiger charge is 2.60. The van der Waals surface area contributed by atoms with Crippen molar-refractivity contribution in [2.24, 2.45) is 35.5 Å². The summed E-state index contributed by atoms with van der Waals surface area (Å²) in [6.07, 6.45) is 3.04. The molecule has 14 nitrogen and oxygen atoms in total. The number of anilines is 1. The van der Waals surface area contributed by atoms with Gasteiger partial charge in [-0.25, -0.2) is 0 Å². The average Bonchev–Trinajstić information content (AvgIpc) is 3.82. The van der Waals surface area contributed by atoms with Gasteiger partial charge in [0.2, 0.25) is 0 Å². The third kappa shape index (κ3) is 9.73. The number of rotatable bonds is 11. The van der Waals surface area contributed by atoms with Gasteiger partial charge in [-0.1, -0.05) is 19.9 Å². The van der Waals surface area contributed by atoms with Gasteiger partial charge in [0, 0.05) is 50.8 Å². The molecule has 342 valence electrons. The van der Waals surface area contributed by atoms with Crippen LogP contribution in [0.1, 0.15) is 85.5 Å². The zero-order valence-corrected chi connectivity index (χ0v) is 37.6. The lowest BCUT2D eigenvalue weighted by molar-refractivity contribution is -0.314. The van der Waals surface area contributed by atoms with Gasteiger partial charge in [0.05, 0.1) is 43.0 Å². The highest BCUT2D eigenvalue weighted by Crippen LogP contribution is 2.57. The van der Waals surface area contributed by atoms with Gasteiger partial charge >= 0.3 is 5.97 Å². The molecule has 3 saturated heterocycles. The molecule has 3 N–H and O–H groups in total. The lowest BCUT2D eigenvalue weighted by Crippen LogP contribution is -2.59. The highest BCUT2D eigenvalue weighted by atomic mass is 16.7. The van der Waals surface area contributed by atoms with Crippen LogP contribution in [-0.2, 0) is 47.5 Å². The minimum absolute atomic E-state index is 0.00742. The first-order chi connectivity index (χ1) is 29.3. The number of fused-ring (bicyclic) bond motifs is 5. The Balaban J connectivity index is 1.20. The molecule has 3 heterocycles. The first kappa shape index (κ1) is 46.3. The highest BCUT2D eigenvalue weighted by molar-refractivity contribution is 5.99. The molecular formula is C47H72N2O12. The summed E-state index contributed by atoms with van der Waals surface area (Å²) in [4.78, 5) is 31.2. The molecule has 0 radical (unpaired) electrons. The minimum atomic E-state index is -0.935. The predicted molar refractivity (Wildman–Crippen MR) is 227 cm³/mol. The number of benzene rings is 1. The summed E-state index contributed by atoms with van der Waals surface area (Å²) in [7, 11) is 9.01. The zero-order chi connectivity index (χ0) is 43.7. The Kier molecular flexibility index (Phi) is 15.2. The van der Waals surface area contributed by atoms with Crippen LogP contribution in [0.15, 0.2) is 35.9 Å². The van der Waals surface area contributed by atoms with Gasteiger partial charge in [0.25, 0.3) is 0 Å². The van der Waals surface area contributed by atoms with Crippen LogP contribution in [0.25, 0.3) is 0 Å². The third-order valence-electron chi connectivity index (χ3n) is 15.1. The Hall–Kier alpha value is -2.66. The van der Waals surface area contributed by atoms with Gasteiger partial charge in [0.1, 0.15) is 30.2 Å². The number of cyclic esters (lactones) is 1. The molecule has 3 unspecified atom stereocenters. The molecular weight excluding hydrogens is 785 g/mol. The van der Waals surface area contributed by atoms with Crippen molar-refractivity contribution in [2.45, 2.75) is 165 Å². The first-order valence-corrected chi connectivity index (χ1v) is 22.8. The molecule has 0 amide bonds. The van der Waals surface area contributed by atoms with E-state index in [-0.39, 0.29) is 78.2 Å². The van der Waals surface area contributed by atoms with E-state index in [1.807, 2.05) is 20.8 Å². The smallest absolute Gasteiger partial charge is 0.306 e. The van der Waals surface area contributed by atoms with E-state index in [9.17, 15) is 15.0 Å². The summed E-state index contributed by atoms with van der Waals surface area (Å²) in [5, 5.41) is 26.4. The van der Waals surface area contributed by atoms with Crippen molar-refractivity contribution >= 4 is 17.4 Å². The second kappa shape index (κ2) is 20.0. The minimum Gasteiger partial charge on any atom is -0.508 e. The number of Topliss-reactive ketones (excluding diaryl/α,β-unsaturated/α-hetero) is 1. The van der Waals surface area contributed by atoms with Gasteiger partial charge in [-0.15, -0.1) is 0 Å². The number of nitrogens with one attached hydrogen (secondary N) is 1. The second-order valence-corrected chi connectivity index (χ2v) is 18.8. The topological polar surface area (TPSA) is 164 Å². The Bertz CT molecular complexity index is 1660. The van der Waals surface area contributed by atoms with E-state index in [2.05, 4.69) is 37.3 Å². The van der Waals surface area contributed by atoms with E-state index in [4.69, 9.17) is 37.9 Å². The molecule has 7 rings (SSSR count). The molecule has 61 heavy (non-hydrogen) atoms. The van der Waals surface area contributed by atoms with Gasteiger partial charge in [-0.2, -0.15) is 0 Å². The van der Waals surface area contributed by atoms with Crippen LogP contribution in [0.4, 0.5) is 5.69 Å². The monoisotopic (exact) mass is 857 g/mol. The summed E-state index contributed by atoms with van der Waals surface area (Å²) >= 11 is 0. The molecule has 2 saturated carbocycles. The van der Waals surface area contributed by atoms with Crippen molar-refractivity contribution in [1.82, 2.24) is 4.90 Å². The molecule has 3 aliphatic heterocycles. The average molecular weight is 857 g/mol. The Morgan fingerprint density at radius 1 is 0.852 bits per heavy atom. The van der Waals surface area contributed by atoms with Crippen molar-refractivity contribution in [2.75, 3.05) is 40.7 Å². The summed E-state index contributed by atoms with van der Waals surface area (Å²) in [6.45, 7) is 8.00. The quantitative estimate of drug-likeness (QED) is 0.190. The van der Waals surface area contributed by atoms with Gasteiger partial charge in [-0.3, -0.25) is 9.59 Å².